The molecule has 5 nitrogen and oxygen atoms in total. The quantitative estimate of drug-likeness (QED) is 0.236. The van der Waals surface area contributed by atoms with Crippen molar-refractivity contribution in [2.24, 2.45) is 0 Å². The standard InChI is InChI=1S/C30H18F3NO4/c31-30(32,33)25-14-6-13-23-26(24(17-34-27(23)25)28(35)18-7-2-1-3-8-18)19-9-4-11-21(15-19)38-22-12-5-10-20(16-22)29(36)37/h1-17H,(H,36,37). The molecule has 0 aliphatic heterocycles. The summed E-state index contributed by atoms with van der Waals surface area (Å²) in [5, 5.41) is 9.41. The summed E-state index contributed by atoms with van der Waals surface area (Å²) in [6.45, 7) is 0. The summed E-state index contributed by atoms with van der Waals surface area (Å²) in [6, 6.07) is 24.5. The van der Waals surface area contributed by atoms with Crippen LogP contribution in [0.5, 0.6) is 11.5 Å². The number of alkyl halides is 3. The highest BCUT2D eigenvalue weighted by atomic mass is 19.4. The summed E-state index contributed by atoms with van der Waals surface area (Å²) in [5.74, 6) is -0.938. The number of para-hydroxylation sites is 1. The van der Waals surface area contributed by atoms with Crippen molar-refractivity contribution in [1.29, 1.82) is 0 Å². The average molecular weight is 513 g/mol. The van der Waals surface area contributed by atoms with E-state index in [2.05, 4.69) is 4.98 Å². The van der Waals surface area contributed by atoms with Crippen molar-refractivity contribution in [3.05, 3.63) is 126 Å². The van der Waals surface area contributed by atoms with Gasteiger partial charge in [0.15, 0.2) is 5.78 Å². The van der Waals surface area contributed by atoms with Crippen LogP contribution >= 0.6 is 0 Å². The van der Waals surface area contributed by atoms with E-state index in [1.165, 1.54) is 36.5 Å². The van der Waals surface area contributed by atoms with Crippen LogP contribution in [0.3, 0.4) is 0 Å². The number of benzene rings is 4. The molecule has 4 aromatic carbocycles. The summed E-state index contributed by atoms with van der Waals surface area (Å²) in [7, 11) is 0. The van der Waals surface area contributed by atoms with Gasteiger partial charge in [0, 0.05) is 28.3 Å². The number of hydrogen-bond acceptors (Lipinski definition) is 4. The maximum absolute atomic E-state index is 13.8. The summed E-state index contributed by atoms with van der Waals surface area (Å²) >= 11 is 0. The molecule has 0 aliphatic rings. The maximum Gasteiger partial charge on any atom is 0.418 e. The van der Waals surface area contributed by atoms with Gasteiger partial charge in [-0.05, 0) is 42.0 Å². The fourth-order valence-electron chi connectivity index (χ4n) is 4.22. The van der Waals surface area contributed by atoms with Crippen LogP contribution in [0.4, 0.5) is 13.2 Å². The van der Waals surface area contributed by atoms with Crippen molar-refractivity contribution in [2.45, 2.75) is 6.18 Å². The molecule has 0 spiro atoms. The number of rotatable bonds is 6. The number of nitrogens with zero attached hydrogens (tertiary/aromatic N) is 1. The van der Waals surface area contributed by atoms with E-state index >= 15 is 0 Å². The van der Waals surface area contributed by atoms with Crippen molar-refractivity contribution in [3.63, 3.8) is 0 Å². The number of aromatic nitrogens is 1. The van der Waals surface area contributed by atoms with E-state index in [9.17, 15) is 27.9 Å². The van der Waals surface area contributed by atoms with Crippen LogP contribution in [-0.4, -0.2) is 21.8 Å². The molecule has 1 aromatic heterocycles. The molecule has 188 valence electrons. The number of pyridine rings is 1. The fourth-order valence-corrected chi connectivity index (χ4v) is 4.22. The van der Waals surface area contributed by atoms with Crippen molar-refractivity contribution >= 4 is 22.7 Å². The Morgan fingerprint density at radius 3 is 2.13 bits per heavy atom. The van der Waals surface area contributed by atoms with Gasteiger partial charge in [-0.3, -0.25) is 9.78 Å². The molecule has 0 aliphatic carbocycles. The molecule has 0 atom stereocenters. The number of ketones is 1. The highest BCUT2D eigenvalue weighted by Crippen LogP contribution is 2.40. The number of carboxylic acids is 1. The minimum absolute atomic E-state index is 0.0363. The number of ether oxygens (including phenoxy) is 1. The van der Waals surface area contributed by atoms with Crippen molar-refractivity contribution in [3.8, 4) is 22.6 Å². The van der Waals surface area contributed by atoms with E-state index in [0.717, 1.165) is 6.07 Å². The van der Waals surface area contributed by atoms with E-state index in [1.54, 1.807) is 60.7 Å². The molecule has 1 heterocycles. The van der Waals surface area contributed by atoms with Gasteiger partial charge in [-0.15, -0.1) is 0 Å². The van der Waals surface area contributed by atoms with Gasteiger partial charge in [0.25, 0.3) is 0 Å². The molecule has 0 bridgehead atoms. The molecule has 5 aromatic rings. The van der Waals surface area contributed by atoms with E-state index in [-0.39, 0.29) is 33.3 Å². The Morgan fingerprint density at radius 2 is 1.42 bits per heavy atom. The molecule has 0 saturated carbocycles. The van der Waals surface area contributed by atoms with Crippen molar-refractivity contribution < 1.29 is 32.6 Å². The average Bonchev–Trinajstić information content (AvgIpc) is 2.92. The Morgan fingerprint density at radius 1 is 0.763 bits per heavy atom. The third kappa shape index (κ3) is 4.84. The lowest BCUT2D eigenvalue weighted by Gasteiger charge is -2.16. The Balaban J connectivity index is 1.69. The molecule has 0 amide bonds. The lowest BCUT2D eigenvalue weighted by Crippen LogP contribution is -2.09. The molecular weight excluding hydrogens is 495 g/mol. The van der Waals surface area contributed by atoms with Crippen molar-refractivity contribution in [1.82, 2.24) is 4.98 Å². The zero-order valence-corrected chi connectivity index (χ0v) is 19.6. The summed E-state index contributed by atoms with van der Waals surface area (Å²) in [5.41, 5.74) is 0.0533. The highest BCUT2D eigenvalue weighted by Gasteiger charge is 2.34. The van der Waals surface area contributed by atoms with Gasteiger partial charge in [0.1, 0.15) is 11.5 Å². The number of aromatic carboxylic acids is 1. The first kappa shape index (κ1) is 24.7. The third-order valence-corrected chi connectivity index (χ3v) is 5.92. The molecule has 38 heavy (non-hydrogen) atoms. The number of carboxylic acid groups (broad SMARTS) is 1. The van der Waals surface area contributed by atoms with Gasteiger partial charge in [-0.25, -0.2) is 4.79 Å². The predicted octanol–water partition coefficient (Wildman–Crippen LogP) is 7.64. The largest absolute Gasteiger partial charge is 0.478 e. The summed E-state index contributed by atoms with van der Waals surface area (Å²) < 4.78 is 47.3. The Kier molecular flexibility index (Phi) is 6.38. The molecule has 5 rings (SSSR count). The third-order valence-electron chi connectivity index (χ3n) is 5.92. The number of carbonyl (C=O) groups is 2. The molecule has 0 unspecified atom stereocenters. The second-order valence-corrected chi connectivity index (χ2v) is 8.40. The zero-order valence-electron chi connectivity index (χ0n) is 19.6. The van der Waals surface area contributed by atoms with E-state index < -0.39 is 23.5 Å². The van der Waals surface area contributed by atoms with Crippen LogP contribution in [0.2, 0.25) is 0 Å². The SMILES string of the molecule is O=C(O)c1cccc(Oc2cccc(-c3c(C(=O)c4ccccc4)cnc4c(C(F)(F)F)cccc34)c2)c1. The van der Waals surface area contributed by atoms with E-state index in [4.69, 9.17) is 4.74 Å². The summed E-state index contributed by atoms with van der Waals surface area (Å²) in [6.07, 6.45) is -3.47. The van der Waals surface area contributed by atoms with Gasteiger partial charge in [0.2, 0.25) is 0 Å². The first-order valence-corrected chi connectivity index (χ1v) is 11.4. The van der Waals surface area contributed by atoms with Crippen LogP contribution < -0.4 is 4.74 Å². The Hall–Kier alpha value is -4.98. The zero-order chi connectivity index (χ0) is 26.9. The van der Waals surface area contributed by atoms with Crippen LogP contribution in [-0.2, 0) is 6.18 Å². The Bertz CT molecular complexity index is 1680. The van der Waals surface area contributed by atoms with E-state index in [1.807, 2.05) is 0 Å². The van der Waals surface area contributed by atoms with Gasteiger partial charge in [-0.2, -0.15) is 13.2 Å². The van der Waals surface area contributed by atoms with Gasteiger partial charge in [0.05, 0.1) is 16.6 Å². The van der Waals surface area contributed by atoms with Gasteiger partial charge < -0.3 is 9.84 Å². The monoisotopic (exact) mass is 513 g/mol. The number of fused-ring (bicyclic) bond motifs is 1. The molecule has 0 fully saturated rings. The molecule has 0 radical (unpaired) electrons. The first-order chi connectivity index (χ1) is 18.2. The summed E-state index contributed by atoms with van der Waals surface area (Å²) in [4.78, 5) is 28.9. The molecule has 0 saturated heterocycles. The number of halogens is 3. The topological polar surface area (TPSA) is 76.5 Å². The van der Waals surface area contributed by atoms with Crippen molar-refractivity contribution in [2.75, 3.05) is 0 Å². The lowest BCUT2D eigenvalue weighted by atomic mass is 9.91. The minimum atomic E-state index is -4.64. The van der Waals surface area contributed by atoms with Gasteiger partial charge >= 0.3 is 12.1 Å². The lowest BCUT2D eigenvalue weighted by molar-refractivity contribution is -0.136. The number of carbonyl (C=O) groups excluding carboxylic acids is 1. The second-order valence-electron chi connectivity index (χ2n) is 8.40. The second kappa shape index (κ2) is 9.82. The number of hydrogen-bond donors (Lipinski definition) is 1. The molecule has 8 heteroatoms. The van der Waals surface area contributed by atoms with Crippen LogP contribution in [0, 0.1) is 0 Å². The minimum Gasteiger partial charge on any atom is -0.478 e. The Labute approximate surface area is 214 Å². The smallest absolute Gasteiger partial charge is 0.418 e. The predicted molar refractivity (Wildman–Crippen MR) is 136 cm³/mol. The normalized spacial score (nSPS) is 11.3. The van der Waals surface area contributed by atoms with Gasteiger partial charge in [-0.1, -0.05) is 60.7 Å². The van der Waals surface area contributed by atoms with Crippen LogP contribution in [0.1, 0.15) is 31.8 Å². The highest BCUT2D eigenvalue weighted by molar-refractivity contribution is 6.16. The van der Waals surface area contributed by atoms with Crippen LogP contribution in [0.15, 0.2) is 103 Å². The maximum atomic E-state index is 13.8. The molecule has 1 N–H and O–H groups in total. The molecular formula is C30H18F3NO4. The fraction of sp³-hybridized carbons (Fsp3) is 0.0333. The first-order valence-electron chi connectivity index (χ1n) is 11.4. The van der Waals surface area contributed by atoms with E-state index in [0.29, 0.717) is 16.9 Å². The van der Waals surface area contributed by atoms with Crippen LogP contribution in [0.25, 0.3) is 22.0 Å².